The van der Waals surface area contributed by atoms with Gasteiger partial charge in [-0.2, -0.15) is 5.26 Å². The zero-order valence-corrected chi connectivity index (χ0v) is 24.3. The van der Waals surface area contributed by atoms with Crippen LogP contribution in [0.2, 0.25) is 0 Å². The molecule has 0 atom stereocenters. The highest BCUT2D eigenvalue weighted by Gasteiger charge is 2.38. The third kappa shape index (κ3) is 10.3. The van der Waals surface area contributed by atoms with Crippen molar-refractivity contribution < 1.29 is 14.3 Å². The smallest absolute Gasteiger partial charge is 0.314 e. The number of nitrogens with zero attached hydrogens (tertiary/aromatic N) is 2. The maximum Gasteiger partial charge on any atom is 0.314 e. The SMILES string of the molecule is CCCCCCCCCC1(C#N)CCC(C(=O)Oc2ccc(-c3ccc(OCCCCCC)cn3)cc2)CC1. The van der Waals surface area contributed by atoms with E-state index in [9.17, 15) is 10.1 Å². The summed E-state index contributed by atoms with van der Waals surface area (Å²) in [6.45, 7) is 5.16. The number of benzene rings is 1. The topological polar surface area (TPSA) is 72.2 Å². The van der Waals surface area contributed by atoms with Gasteiger partial charge in [-0.1, -0.05) is 78.1 Å². The van der Waals surface area contributed by atoms with Crippen molar-refractivity contribution in [3.63, 3.8) is 0 Å². The van der Waals surface area contributed by atoms with E-state index in [1.807, 2.05) is 36.4 Å². The summed E-state index contributed by atoms with van der Waals surface area (Å²) in [5.41, 5.74) is 1.56. The number of hydrogen-bond acceptors (Lipinski definition) is 5. The van der Waals surface area contributed by atoms with Gasteiger partial charge in [-0.15, -0.1) is 0 Å². The lowest BCUT2D eigenvalue weighted by atomic mass is 9.69. The number of hydrogen-bond donors (Lipinski definition) is 0. The molecule has 1 aliphatic rings. The van der Waals surface area contributed by atoms with Gasteiger partial charge in [-0.3, -0.25) is 9.78 Å². The van der Waals surface area contributed by atoms with Crippen LogP contribution < -0.4 is 9.47 Å². The second-order valence-corrected chi connectivity index (χ2v) is 11.3. The quantitative estimate of drug-likeness (QED) is 0.115. The number of pyridine rings is 1. The normalized spacial score (nSPS) is 18.8. The Morgan fingerprint density at radius 2 is 1.49 bits per heavy atom. The lowest BCUT2D eigenvalue weighted by Crippen LogP contribution is -2.31. The summed E-state index contributed by atoms with van der Waals surface area (Å²) in [6, 6.07) is 14.0. The van der Waals surface area contributed by atoms with Gasteiger partial charge in [-0.25, -0.2) is 0 Å². The summed E-state index contributed by atoms with van der Waals surface area (Å²) in [6.07, 6.45) is 19.3. The van der Waals surface area contributed by atoms with Crippen LogP contribution in [0, 0.1) is 22.7 Å². The molecule has 5 nitrogen and oxygen atoms in total. The molecular formula is C34H48N2O3. The van der Waals surface area contributed by atoms with Crippen LogP contribution in [-0.4, -0.2) is 17.6 Å². The molecule has 1 aromatic carbocycles. The molecule has 0 spiro atoms. The van der Waals surface area contributed by atoms with Gasteiger partial charge < -0.3 is 9.47 Å². The lowest BCUT2D eigenvalue weighted by molar-refractivity contribution is -0.140. The van der Waals surface area contributed by atoms with Gasteiger partial charge in [0, 0.05) is 5.56 Å². The molecule has 1 aromatic heterocycles. The highest BCUT2D eigenvalue weighted by Crippen LogP contribution is 2.43. The van der Waals surface area contributed by atoms with Crippen molar-refractivity contribution in [1.82, 2.24) is 4.98 Å². The molecule has 1 aliphatic carbocycles. The molecular weight excluding hydrogens is 484 g/mol. The molecule has 2 aromatic rings. The third-order valence-corrected chi connectivity index (χ3v) is 8.14. The molecule has 0 unspecified atom stereocenters. The van der Waals surface area contributed by atoms with Crippen molar-refractivity contribution in [2.24, 2.45) is 11.3 Å². The predicted molar refractivity (Wildman–Crippen MR) is 158 cm³/mol. The van der Waals surface area contributed by atoms with Crippen LogP contribution in [-0.2, 0) is 4.79 Å². The highest BCUT2D eigenvalue weighted by atomic mass is 16.5. The molecule has 0 saturated heterocycles. The van der Waals surface area contributed by atoms with E-state index < -0.39 is 0 Å². The van der Waals surface area contributed by atoms with E-state index in [1.54, 1.807) is 6.20 Å². The Labute approximate surface area is 236 Å². The van der Waals surface area contributed by atoms with Gasteiger partial charge in [-0.05, 0) is 74.9 Å². The monoisotopic (exact) mass is 532 g/mol. The average molecular weight is 533 g/mol. The fourth-order valence-corrected chi connectivity index (χ4v) is 5.49. The van der Waals surface area contributed by atoms with E-state index in [0.29, 0.717) is 5.75 Å². The maximum atomic E-state index is 12.9. The van der Waals surface area contributed by atoms with Crippen LogP contribution in [0.15, 0.2) is 42.6 Å². The Hall–Kier alpha value is -2.87. The second kappa shape index (κ2) is 17.0. The number of aromatic nitrogens is 1. The number of unbranched alkanes of at least 4 members (excludes halogenated alkanes) is 9. The van der Waals surface area contributed by atoms with Gasteiger partial charge in [0.25, 0.3) is 0 Å². The van der Waals surface area contributed by atoms with Crippen LogP contribution in [0.1, 0.15) is 117 Å². The van der Waals surface area contributed by atoms with E-state index in [2.05, 4.69) is 24.9 Å². The van der Waals surface area contributed by atoms with Crippen molar-refractivity contribution in [2.75, 3.05) is 6.61 Å². The Balaban J connectivity index is 1.40. The van der Waals surface area contributed by atoms with E-state index in [-0.39, 0.29) is 17.3 Å². The number of ether oxygens (including phenoxy) is 2. The first-order valence-corrected chi connectivity index (χ1v) is 15.4. The first-order valence-electron chi connectivity index (χ1n) is 15.4. The fraction of sp³-hybridized carbons (Fsp3) is 0.618. The Morgan fingerprint density at radius 3 is 2.10 bits per heavy atom. The molecule has 212 valence electrons. The van der Waals surface area contributed by atoms with E-state index in [1.165, 1.54) is 57.8 Å². The minimum Gasteiger partial charge on any atom is -0.492 e. The molecule has 39 heavy (non-hydrogen) atoms. The first-order chi connectivity index (χ1) is 19.1. The first kappa shape index (κ1) is 30.7. The number of carbonyl (C=O) groups excluding carboxylic acids is 1. The Kier molecular flexibility index (Phi) is 13.3. The molecule has 1 heterocycles. The molecule has 0 amide bonds. The molecule has 0 N–H and O–H groups in total. The summed E-state index contributed by atoms with van der Waals surface area (Å²) >= 11 is 0. The van der Waals surface area contributed by atoms with Crippen LogP contribution in [0.3, 0.4) is 0 Å². The van der Waals surface area contributed by atoms with Crippen molar-refractivity contribution in [1.29, 1.82) is 5.26 Å². The van der Waals surface area contributed by atoms with Crippen LogP contribution in [0.4, 0.5) is 0 Å². The van der Waals surface area contributed by atoms with Crippen LogP contribution in [0.25, 0.3) is 11.3 Å². The van der Waals surface area contributed by atoms with Gasteiger partial charge in [0.05, 0.1) is 35.9 Å². The molecule has 1 saturated carbocycles. The van der Waals surface area contributed by atoms with Gasteiger partial charge in [0.1, 0.15) is 11.5 Å². The summed E-state index contributed by atoms with van der Waals surface area (Å²) in [4.78, 5) is 17.4. The molecule has 5 heteroatoms. The number of esters is 1. The van der Waals surface area contributed by atoms with E-state index in [4.69, 9.17) is 9.47 Å². The van der Waals surface area contributed by atoms with Crippen molar-refractivity contribution in [3.05, 3.63) is 42.6 Å². The summed E-state index contributed by atoms with van der Waals surface area (Å²) in [5, 5.41) is 9.90. The van der Waals surface area contributed by atoms with Crippen LogP contribution in [0.5, 0.6) is 11.5 Å². The van der Waals surface area contributed by atoms with E-state index >= 15 is 0 Å². The van der Waals surface area contributed by atoms with Gasteiger partial charge in [0.2, 0.25) is 0 Å². The standard InChI is InChI=1S/C34H48N2O3/c1-3-5-7-9-10-11-12-22-34(27-35)23-20-29(21-24-34)33(37)39-30-16-14-28(15-17-30)32-19-18-31(26-36-32)38-25-13-8-6-4-2/h14-19,26,29H,3-13,20-25H2,1-2H3. The second-order valence-electron chi connectivity index (χ2n) is 11.3. The summed E-state index contributed by atoms with van der Waals surface area (Å²) in [5.74, 6) is 1.03. The molecule has 0 aliphatic heterocycles. The van der Waals surface area contributed by atoms with E-state index in [0.717, 1.165) is 68.6 Å². The van der Waals surface area contributed by atoms with Crippen LogP contribution >= 0.6 is 0 Å². The van der Waals surface area contributed by atoms with Gasteiger partial charge in [0.15, 0.2) is 0 Å². The molecule has 1 fully saturated rings. The maximum absolute atomic E-state index is 12.9. The molecule has 3 rings (SSSR count). The molecule has 0 radical (unpaired) electrons. The minimum absolute atomic E-state index is 0.128. The lowest BCUT2D eigenvalue weighted by Gasteiger charge is -2.34. The Bertz CT molecular complexity index is 1000. The minimum atomic E-state index is -0.259. The fourth-order valence-electron chi connectivity index (χ4n) is 5.49. The summed E-state index contributed by atoms with van der Waals surface area (Å²) in [7, 11) is 0. The average Bonchev–Trinajstić information content (AvgIpc) is 2.97. The highest BCUT2D eigenvalue weighted by molar-refractivity contribution is 5.75. The number of carbonyl (C=O) groups is 1. The van der Waals surface area contributed by atoms with Crippen molar-refractivity contribution in [2.45, 2.75) is 117 Å². The summed E-state index contributed by atoms with van der Waals surface area (Å²) < 4.78 is 11.5. The molecule has 0 bridgehead atoms. The predicted octanol–water partition coefficient (Wildman–Crippen LogP) is 9.45. The number of nitriles is 1. The third-order valence-electron chi connectivity index (χ3n) is 8.14. The Morgan fingerprint density at radius 1 is 0.872 bits per heavy atom. The number of rotatable bonds is 17. The van der Waals surface area contributed by atoms with Gasteiger partial charge >= 0.3 is 5.97 Å². The van der Waals surface area contributed by atoms with Crippen molar-refractivity contribution >= 4 is 5.97 Å². The van der Waals surface area contributed by atoms with Crippen molar-refractivity contribution in [3.8, 4) is 28.8 Å². The zero-order valence-electron chi connectivity index (χ0n) is 24.3. The largest absolute Gasteiger partial charge is 0.492 e. The zero-order chi connectivity index (χ0) is 27.8.